The van der Waals surface area contributed by atoms with Crippen molar-refractivity contribution in [2.24, 2.45) is 11.1 Å². The summed E-state index contributed by atoms with van der Waals surface area (Å²) in [7, 11) is -4.00. The molecule has 0 spiro atoms. The number of nitrogens with one attached hydrogen (secondary N) is 1. The predicted molar refractivity (Wildman–Crippen MR) is 122 cm³/mol. The van der Waals surface area contributed by atoms with Crippen LogP contribution >= 0.6 is 0 Å². The van der Waals surface area contributed by atoms with Gasteiger partial charge in [-0.2, -0.15) is 26.7 Å². The predicted octanol–water partition coefficient (Wildman–Crippen LogP) is 2.77. The first-order valence-corrected chi connectivity index (χ1v) is 12.4. The number of rotatable bonds is 9. The van der Waals surface area contributed by atoms with Gasteiger partial charge in [0.2, 0.25) is 5.78 Å². The SMILES string of the molecule is NS(=O)(=O)OCC1CC[C@H](Nc2ncncc2C(=O)c2ccn(Cc3ccc(C(F)(F)F)cc3)n2)C1. The molecule has 10 nitrogen and oxygen atoms in total. The molecule has 36 heavy (non-hydrogen) atoms. The van der Waals surface area contributed by atoms with Crippen LogP contribution in [0.15, 0.2) is 49.1 Å². The summed E-state index contributed by atoms with van der Waals surface area (Å²) < 4.78 is 66.4. The van der Waals surface area contributed by atoms with E-state index in [1.54, 1.807) is 6.20 Å². The summed E-state index contributed by atoms with van der Waals surface area (Å²) >= 11 is 0. The number of alkyl halides is 3. The van der Waals surface area contributed by atoms with Gasteiger partial charge in [0.05, 0.1) is 24.3 Å². The molecule has 1 fully saturated rings. The van der Waals surface area contributed by atoms with Crippen molar-refractivity contribution in [3.05, 3.63) is 71.4 Å². The molecule has 3 aromatic rings. The molecule has 0 bridgehead atoms. The Morgan fingerprint density at radius 3 is 2.64 bits per heavy atom. The number of aromatic nitrogens is 4. The third-order valence-electron chi connectivity index (χ3n) is 5.81. The van der Waals surface area contributed by atoms with E-state index in [9.17, 15) is 26.4 Å². The monoisotopic (exact) mass is 524 g/mol. The van der Waals surface area contributed by atoms with Crippen molar-refractivity contribution in [3.8, 4) is 0 Å². The molecule has 4 rings (SSSR count). The van der Waals surface area contributed by atoms with Gasteiger partial charge in [0.1, 0.15) is 17.8 Å². The lowest BCUT2D eigenvalue weighted by atomic mass is 10.1. The third-order valence-corrected chi connectivity index (χ3v) is 6.27. The fraction of sp³-hybridized carbons (Fsp3) is 0.364. The number of nitrogens with two attached hydrogens (primary N) is 1. The van der Waals surface area contributed by atoms with Crippen molar-refractivity contribution in [1.29, 1.82) is 0 Å². The summed E-state index contributed by atoms with van der Waals surface area (Å²) in [5, 5.41) is 12.4. The van der Waals surface area contributed by atoms with Gasteiger partial charge in [0.25, 0.3) is 0 Å². The summed E-state index contributed by atoms with van der Waals surface area (Å²) in [6.45, 7) is 0.175. The van der Waals surface area contributed by atoms with Gasteiger partial charge >= 0.3 is 16.5 Å². The van der Waals surface area contributed by atoms with Gasteiger partial charge in [-0.1, -0.05) is 12.1 Å². The zero-order valence-corrected chi connectivity index (χ0v) is 19.7. The molecule has 0 saturated heterocycles. The van der Waals surface area contributed by atoms with Crippen molar-refractivity contribution < 1.29 is 30.6 Å². The summed E-state index contributed by atoms with van der Waals surface area (Å²) in [5.74, 6) is -0.107. The lowest BCUT2D eigenvalue weighted by Crippen LogP contribution is -2.22. The van der Waals surface area contributed by atoms with Gasteiger partial charge in [0, 0.05) is 18.4 Å². The lowest BCUT2D eigenvalue weighted by Gasteiger charge is -2.15. The summed E-state index contributed by atoms with van der Waals surface area (Å²) in [6.07, 6.45) is 1.88. The summed E-state index contributed by atoms with van der Waals surface area (Å²) in [6, 6.07) is 6.18. The molecule has 1 unspecified atom stereocenters. The molecular formula is C22H23F3N6O4S. The Hall–Kier alpha value is -3.36. The molecule has 2 atom stereocenters. The highest BCUT2D eigenvalue weighted by atomic mass is 32.2. The molecule has 1 aromatic carbocycles. The number of halogens is 3. The average molecular weight is 525 g/mol. The quantitative estimate of drug-likeness (QED) is 0.407. The molecule has 2 heterocycles. The molecule has 1 aliphatic rings. The van der Waals surface area contributed by atoms with Crippen molar-refractivity contribution in [3.63, 3.8) is 0 Å². The van der Waals surface area contributed by atoms with Gasteiger partial charge in [-0.3, -0.25) is 13.7 Å². The largest absolute Gasteiger partial charge is 0.416 e. The highest BCUT2D eigenvalue weighted by Crippen LogP contribution is 2.30. The van der Waals surface area contributed by atoms with Gasteiger partial charge in [-0.25, -0.2) is 15.1 Å². The van der Waals surface area contributed by atoms with Crippen LogP contribution in [0.2, 0.25) is 0 Å². The minimum atomic E-state index is -4.41. The van der Waals surface area contributed by atoms with Crippen LogP contribution in [0.5, 0.6) is 0 Å². The molecule has 0 radical (unpaired) electrons. The highest BCUT2D eigenvalue weighted by Gasteiger charge is 2.30. The van der Waals surface area contributed by atoms with E-state index < -0.39 is 27.8 Å². The molecule has 192 valence electrons. The number of ketones is 1. The number of hydrogen-bond acceptors (Lipinski definition) is 8. The number of benzene rings is 1. The number of hydrogen-bond donors (Lipinski definition) is 2. The molecule has 2 aromatic heterocycles. The Balaban J connectivity index is 1.41. The second-order valence-electron chi connectivity index (χ2n) is 8.51. The van der Waals surface area contributed by atoms with Crippen LogP contribution in [0.25, 0.3) is 0 Å². The van der Waals surface area contributed by atoms with Crippen LogP contribution in [0.3, 0.4) is 0 Å². The van der Waals surface area contributed by atoms with Crippen LogP contribution in [0.4, 0.5) is 19.0 Å². The van der Waals surface area contributed by atoms with Gasteiger partial charge in [-0.05, 0) is 48.9 Å². The molecule has 1 aliphatic carbocycles. The van der Waals surface area contributed by atoms with Crippen LogP contribution in [0.1, 0.15) is 46.4 Å². The first kappa shape index (κ1) is 25.7. The van der Waals surface area contributed by atoms with E-state index in [4.69, 9.17) is 5.14 Å². The van der Waals surface area contributed by atoms with Crippen molar-refractivity contribution >= 4 is 21.9 Å². The Labute approximate surface area is 205 Å². The highest BCUT2D eigenvalue weighted by molar-refractivity contribution is 7.84. The van der Waals surface area contributed by atoms with E-state index in [-0.39, 0.29) is 36.4 Å². The lowest BCUT2D eigenvalue weighted by molar-refractivity contribution is -0.137. The molecule has 0 amide bonds. The zero-order valence-electron chi connectivity index (χ0n) is 18.9. The van der Waals surface area contributed by atoms with Crippen LogP contribution in [-0.2, 0) is 27.2 Å². The average Bonchev–Trinajstić information content (AvgIpc) is 3.47. The van der Waals surface area contributed by atoms with Crippen LogP contribution < -0.4 is 10.5 Å². The Morgan fingerprint density at radius 2 is 1.94 bits per heavy atom. The van der Waals surface area contributed by atoms with Gasteiger partial charge < -0.3 is 5.32 Å². The zero-order chi connectivity index (χ0) is 25.9. The Morgan fingerprint density at radius 1 is 1.19 bits per heavy atom. The van der Waals surface area contributed by atoms with Gasteiger partial charge in [-0.15, -0.1) is 0 Å². The maximum absolute atomic E-state index is 13.1. The number of carbonyl (C=O) groups excluding carboxylic acids is 1. The molecule has 3 N–H and O–H groups in total. The number of anilines is 1. The van der Waals surface area contributed by atoms with E-state index in [1.807, 2.05) is 0 Å². The standard InChI is InChI=1S/C22H23F3N6O4S/c23-22(24,25)16-4-1-14(2-5-16)11-31-8-7-19(30-31)20(32)18-10-27-13-28-21(18)29-17-6-3-15(9-17)12-35-36(26,33)34/h1-2,4-5,7-8,10,13,15,17H,3,6,9,11-12H2,(H2,26,33,34)(H,27,28,29)/t15?,17-/m0/s1. The summed E-state index contributed by atoms with van der Waals surface area (Å²) in [4.78, 5) is 21.2. The molecule has 1 saturated carbocycles. The first-order valence-electron chi connectivity index (χ1n) is 11.0. The number of nitrogens with zero attached hydrogens (tertiary/aromatic N) is 4. The van der Waals surface area contributed by atoms with Crippen LogP contribution in [-0.4, -0.2) is 46.6 Å². The Kier molecular flexibility index (Phi) is 7.38. The second-order valence-corrected chi connectivity index (χ2v) is 9.73. The fourth-order valence-electron chi connectivity index (χ4n) is 4.05. The fourth-order valence-corrected chi connectivity index (χ4v) is 4.43. The third kappa shape index (κ3) is 6.65. The van der Waals surface area contributed by atoms with E-state index in [0.717, 1.165) is 25.0 Å². The molecule has 0 aliphatic heterocycles. The topological polar surface area (TPSA) is 142 Å². The van der Waals surface area contributed by atoms with Crippen molar-refractivity contribution in [2.45, 2.75) is 38.0 Å². The summed E-state index contributed by atoms with van der Waals surface area (Å²) in [5.41, 5.74) is 0.196. The van der Waals surface area contributed by atoms with E-state index in [0.29, 0.717) is 17.8 Å². The smallest absolute Gasteiger partial charge is 0.367 e. The van der Waals surface area contributed by atoms with Crippen molar-refractivity contribution in [1.82, 2.24) is 19.7 Å². The molecular weight excluding hydrogens is 501 g/mol. The van der Waals surface area contributed by atoms with Gasteiger partial charge in [0.15, 0.2) is 0 Å². The van der Waals surface area contributed by atoms with Crippen molar-refractivity contribution in [2.75, 3.05) is 11.9 Å². The van der Waals surface area contributed by atoms with E-state index >= 15 is 0 Å². The van der Waals surface area contributed by atoms with Crippen LogP contribution in [0, 0.1) is 5.92 Å². The maximum atomic E-state index is 13.1. The minimum absolute atomic E-state index is 0.0110. The molecule has 14 heteroatoms. The second kappa shape index (κ2) is 10.3. The Bertz CT molecular complexity index is 1330. The van der Waals surface area contributed by atoms with E-state index in [1.165, 1.54) is 35.4 Å². The normalized spacial score (nSPS) is 18.3. The first-order chi connectivity index (χ1) is 17.0. The number of carbonyl (C=O) groups is 1. The van der Waals surface area contributed by atoms with E-state index in [2.05, 4.69) is 24.6 Å². The minimum Gasteiger partial charge on any atom is -0.367 e. The maximum Gasteiger partial charge on any atom is 0.416 e.